The van der Waals surface area contributed by atoms with Crippen LogP contribution in [0.1, 0.15) is 104 Å². The number of phenols is 1. The lowest BCUT2D eigenvalue weighted by atomic mass is 9.92. The molecule has 0 unspecified atom stereocenters. The van der Waals surface area contributed by atoms with Crippen LogP contribution in [0.5, 0.6) is 11.5 Å². The first-order chi connectivity index (χ1) is 18.3. The van der Waals surface area contributed by atoms with Gasteiger partial charge < -0.3 is 9.84 Å². The van der Waals surface area contributed by atoms with E-state index in [1.54, 1.807) is 32.2 Å². The van der Waals surface area contributed by atoms with Crippen LogP contribution in [0.3, 0.4) is 0 Å². The molecule has 4 heteroatoms. The second-order valence-corrected chi connectivity index (χ2v) is 8.44. The van der Waals surface area contributed by atoms with E-state index in [0.717, 1.165) is 48.1 Å². The van der Waals surface area contributed by atoms with Crippen molar-refractivity contribution in [3.8, 4) is 11.5 Å². The molecule has 3 rings (SSSR count). The summed E-state index contributed by atoms with van der Waals surface area (Å²) >= 11 is 0. The van der Waals surface area contributed by atoms with E-state index < -0.39 is 0 Å². The number of benzene rings is 3. The van der Waals surface area contributed by atoms with Gasteiger partial charge in [0, 0.05) is 17.5 Å². The Morgan fingerprint density at radius 3 is 1.97 bits per heavy atom. The minimum Gasteiger partial charge on any atom is -0.508 e. The third-order valence-electron chi connectivity index (χ3n) is 5.84. The Labute approximate surface area is 231 Å². The molecule has 0 radical (unpaired) electrons. The molecule has 0 fully saturated rings. The maximum Gasteiger partial charge on any atom is 0.167 e. The fourth-order valence-electron chi connectivity index (χ4n) is 3.71. The van der Waals surface area contributed by atoms with Gasteiger partial charge in [-0.3, -0.25) is 9.59 Å². The van der Waals surface area contributed by atoms with Crippen molar-refractivity contribution in [3.05, 3.63) is 94.0 Å². The number of ketones is 2. The maximum atomic E-state index is 12.6. The fourth-order valence-corrected chi connectivity index (χ4v) is 3.71. The summed E-state index contributed by atoms with van der Waals surface area (Å²) in [4.78, 5) is 24.3. The highest BCUT2D eigenvalue weighted by atomic mass is 16.5. The number of aromatic hydroxyl groups is 1. The summed E-state index contributed by atoms with van der Waals surface area (Å²) in [5.74, 6) is 1.16. The Morgan fingerprint density at radius 1 is 0.842 bits per heavy atom. The number of unbranched alkanes of at least 4 members (excludes halogenated alkanes) is 1. The molecule has 0 spiro atoms. The number of phenolic OH excluding ortho intramolecular Hbond substituents is 1. The molecule has 0 bridgehead atoms. The number of methoxy groups -OCH3 is 1. The first-order valence-corrected chi connectivity index (χ1v) is 13.9. The number of rotatable bonds is 9. The molecule has 0 heterocycles. The number of ether oxygens (including phenoxy) is 1. The molecule has 1 N–H and O–H groups in total. The van der Waals surface area contributed by atoms with Crippen molar-refractivity contribution in [2.24, 2.45) is 0 Å². The molecule has 0 aliphatic heterocycles. The van der Waals surface area contributed by atoms with Crippen LogP contribution in [0.4, 0.5) is 0 Å². The van der Waals surface area contributed by atoms with Crippen molar-refractivity contribution in [1.29, 1.82) is 0 Å². The van der Waals surface area contributed by atoms with E-state index in [0.29, 0.717) is 17.5 Å². The zero-order valence-corrected chi connectivity index (χ0v) is 25.0. The highest BCUT2D eigenvalue weighted by Gasteiger charge is 2.14. The van der Waals surface area contributed by atoms with E-state index >= 15 is 0 Å². The van der Waals surface area contributed by atoms with Crippen molar-refractivity contribution in [2.45, 2.75) is 87.5 Å². The third-order valence-corrected chi connectivity index (χ3v) is 5.84. The van der Waals surface area contributed by atoms with Gasteiger partial charge >= 0.3 is 0 Å². The lowest BCUT2D eigenvalue weighted by Gasteiger charge is -2.12. The van der Waals surface area contributed by atoms with Crippen LogP contribution in [0.15, 0.2) is 60.7 Å². The Kier molecular flexibility index (Phi) is 17.9. The van der Waals surface area contributed by atoms with Gasteiger partial charge in [-0.15, -0.1) is 0 Å². The average Bonchev–Trinajstić information content (AvgIpc) is 2.94. The van der Waals surface area contributed by atoms with Gasteiger partial charge in [0.25, 0.3) is 0 Å². The van der Waals surface area contributed by atoms with E-state index in [2.05, 4.69) is 26.0 Å². The number of carbonyl (C=O) groups is 2. The summed E-state index contributed by atoms with van der Waals surface area (Å²) < 4.78 is 5.01. The predicted molar refractivity (Wildman–Crippen MR) is 161 cm³/mol. The minimum absolute atomic E-state index is 0.0285. The first kappa shape index (κ1) is 34.6. The average molecular weight is 521 g/mol. The van der Waals surface area contributed by atoms with Gasteiger partial charge in [0.15, 0.2) is 11.6 Å². The molecule has 4 nitrogen and oxygen atoms in total. The molecular formula is C34H48O4. The van der Waals surface area contributed by atoms with E-state index in [1.165, 1.54) is 11.6 Å². The van der Waals surface area contributed by atoms with Gasteiger partial charge in [0.05, 0.1) is 7.11 Å². The molecule has 0 saturated carbocycles. The van der Waals surface area contributed by atoms with Crippen molar-refractivity contribution >= 4 is 11.6 Å². The summed E-state index contributed by atoms with van der Waals surface area (Å²) in [5, 5.41) is 9.49. The molecule has 0 aliphatic carbocycles. The van der Waals surface area contributed by atoms with E-state index in [1.807, 2.05) is 58.9 Å². The van der Waals surface area contributed by atoms with Crippen LogP contribution in [-0.2, 0) is 19.3 Å². The second kappa shape index (κ2) is 19.7. The number of Topliss-reactive ketones (excluding diaryl/α,β-unsaturated/α-hetero) is 2. The lowest BCUT2D eigenvalue weighted by Crippen LogP contribution is -2.08. The van der Waals surface area contributed by atoms with Gasteiger partial charge in [0.1, 0.15) is 11.5 Å². The highest BCUT2D eigenvalue weighted by molar-refractivity contribution is 5.99. The zero-order valence-electron chi connectivity index (χ0n) is 25.0. The van der Waals surface area contributed by atoms with E-state index in [-0.39, 0.29) is 17.3 Å². The summed E-state index contributed by atoms with van der Waals surface area (Å²) in [6, 6.07) is 18.6. The first-order valence-electron chi connectivity index (χ1n) is 13.9. The SMILES string of the molecule is CC.CC.CCCCc1cc(C(C)=O)ccc1CC(=O)c1ccc(O)cc1C.CCc1ccc(OC)cc1. The molecule has 3 aromatic rings. The predicted octanol–water partition coefficient (Wildman–Crippen LogP) is 8.98. The number of carbonyl (C=O) groups excluding carboxylic acids is 2. The normalized spacial score (nSPS) is 9.50. The largest absolute Gasteiger partial charge is 0.508 e. The van der Waals surface area contributed by atoms with Crippen LogP contribution < -0.4 is 4.74 Å². The Bertz CT molecular complexity index is 1070. The van der Waals surface area contributed by atoms with Gasteiger partial charge in [0.2, 0.25) is 0 Å². The molecule has 208 valence electrons. The standard InChI is InChI=1S/C21H24O3.C9H12O.2C2H6/c1-4-5-6-17-12-16(15(3)22)7-8-18(17)13-21(24)20-10-9-19(23)11-14(20)2;1-3-8-4-6-9(10-2)7-5-8;2*1-2/h7-12,23H,4-6,13H2,1-3H3;4-7H,3H2,1-2H3;2*1-2H3. The van der Waals surface area contributed by atoms with Gasteiger partial charge in [-0.2, -0.15) is 0 Å². The molecule has 3 aromatic carbocycles. The lowest BCUT2D eigenvalue weighted by molar-refractivity contribution is 0.0990. The molecule has 0 aliphatic rings. The van der Waals surface area contributed by atoms with Gasteiger partial charge in [-0.05, 0) is 91.8 Å². The molecule has 0 atom stereocenters. The number of aryl methyl sites for hydroxylation is 3. The van der Waals surface area contributed by atoms with Crippen molar-refractivity contribution < 1.29 is 19.4 Å². The Hall–Kier alpha value is -3.40. The van der Waals surface area contributed by atoms with Crippen LogP contribution in [0.2, 0.25) is 0 Å². The number of hydrogen-bond donors (Lipinski definition) is 1. The topological polar surface area (TPSA) is 63.6 Å². The highest BCUT2D eigenvalue weighted by Crippen LogP contribution is 2.21. The second-order valence-electron chi connectivity index (χ2n) is 8.44. The van der Waals surface area contributed by atoms with Crippen LogP contribution in [0, 0.1) is 6.92 Å². The summed E-state index contributed by atoms with van der Waals surface area (Å²) in [6.45, 7) is 15.6. The molecular weight excluding hydrogens is 472 g/mol. The quantitative estimate of drug-likeness (QED) is 0.286. The summed E-state index contributed by atoms with van der Waals surface area (Å²) in [5.41, 5.74) is 5.50. The molecule has 0 amide bonds. The van der Waals surface area contributed by atoms with Gasteiger partial charge in [-0.1, -0.05) is 72.2 Å². The van der Waals surface area contributed by atoms with Crippen molar-refractivity contribution in [1.82, 2.24) is 0 Å². The maximum absolute atomic E-state index is 12.6. The van der Waals surface area contributed by atoms with Crippen LogP contribution in [-0.4, -0.2) is 23.8 Å². The molecule has 38 heavy (non-hydrogen) atoms. The van der Waals surface area contributed by atoms with Gasteiger partial charge in [-0.25, -0.2) is 0 Å². The summed E-state index contributed by atoms with van der Waals surface area (Å²) in [7, 11) is 1.68. The Balaban J connectivity index is 0.000000813. The van der Waals surface area contributed by atoms with Crippen LogP contribution >= 0.6 is 0 Å². The monoisotopic (exact) mass is 520 g/mol. The zero-order chi connectivity index (χ0) is 29.1. The number of hydrogen-bond acceptors (Lipinski definition) is 4. The molecule has 0 aromatic heterocycles. The summed E-state index contributed by atoms with van der Waals surface area (Å²) in [6.07, 6.45) is 4.36. The fraction of sp³-hybridized carbons (Fsp3) is 0.412. The molecule has 0 saturated heterocycles. The minimum atomic E-state index is 0.0285. The van der Waals surface area contributed by atoms with Crippen molar-refractivity contribution in [3.63, 3.8) is 0 Å². The van der Waals surface area contributed by atoms with E-state index in [4.69, 9.17) is 4.74 Å². The van der Waals surface area contributed by atoms with E-state index in [9.17, 15) is 14.7 Å². The van der Waals surface area contributed by atoms with Crippen molar-refractivity contribution in [2.75, 3.05) is 7.11 Å². The smallest absolute Gasteiger partial charge is 0.167 e. The Morgan fingerprint density at radius 2 is 1.47 bits per heavy atom. The third kappa shape index (κ3) is 11.8. The van der Waals surface area contributed by atoms with Crippen LogP contribution in [0.25, 0.3) is 0 Å².